The molecule has 1 aromatic carbocycles. The number of ether oxygens (including phenoxy) is 1. The number of rotatable bonds is 3. The fourth-order valence-corrected chi connectivity index (χ4v) is 2.43. The third-order valence-corrected chi connectivity index (χ3v) is 3.41. The minimum absolute atomic E-state index is 0.147. The minimum Gasteiger partial charge on any atom is -0.482 e. The van der Waals surface area contributed by atoms with Crippen molar-refractivity contribution in [1.29, 1.82) is 0 Å². The average Bonchev–Trinajstić information content (AvgIpc) is 2.36. The third-order valence-electron chi connectivity index (χ3n) is 2.88. The van der Waals surface area contributed by atoms with E-state index < -0.39 is 18.2 Å². The number of hydrogen-bond acceptors (Lipinski definition) is 2. The molecule has 0 amide bonds. The summed E-state index contributed by atoms with van der Waals surface area (Å²) in [5.41, 5.74) is 0.258. The Bertz CT molecular complexity index is 557. The molecule has 0 bridgehead atoms. The number of carboxylic acid groups (broad SMARTS) is 1. The van der Waals surface area contributed by atoms with Crippen LogP contribution in [-0.2, 0) is 4.79 Å². The Morgan fingerprint density at radius 3 is 2.79 bits per heavy atom. The number of halogens is 3. The van der Waals surface area contributed by atoms with E-state index in [0.29, 0.717) is 16.3 Å². The predicted molar refractivity (Wildman–Crippen MR) is 71.7 cm³/mol. The predicted octanol–water partition coefficient (Wildman–Crippen LogP) is 3.97. The maximum atomic E-state index is 13.8. The van der Waals surface area contributed by atoms with Crippen molar-refractivity contribution in [1.82, 2.24) is 0 Å². The lowest BCUT2D eigenvalue weighted by molar-refractivity contribution is -0.134. The van der Waals surface area contributed by atoms with E-state index in [0.717, 1.165) is 0 Å². The van der Waals surface area contributed by atoms with Crippen molar-refractivity contribution in [2.45, 2.75) is 25.6 Å². The standard InChI is InChI=1S/C13H11Cl2FO3/c1-2-10(16)12-8(13(17)18)5-7-9(15)3-6(14)4-11(7)19-12/h3-5,10,12H,2H2,1H3,(H,17,18). The summed E-state index contributed by atoms with van der Waals surface area (Å²) in [6.45, 7) is 1.62. The van der Waals surface area contributed by atoms with Gasteiger partial charge in [0.15, 0.2) is 6.10 Å². The topological polar surface area (TPSA) is 46.5 Å². The quantitative estimate of drug-likeness (QED) is 0.919. The summed E-state index contributed by atoms with van der Waals surface area (Å²) in [4.78, 5) is 11.2. The molecule has 1 aliphatic rings. The van der Waals surface area contributed by atoms with Crippen molar-refractivity contribution in [2.24, 2.45) is 0 Å². The summed E-state index contributed by atoms with van der Waals surface area (Å²) >= 11 is 11.8. The number of alkyl halides is 1. The van der Waals surface area contributed by atoms with Gasteiger partial charge in [0.05, 0.1) is 10.6 Å². The highest BCUT2D eigenvalue weighted by Gasteiger charge is 2.34. The lowest BCUT2D eigenvalue weighted by atomic mass is 9.97. The Labute approximate surface area is 119 Å². The summed E-state index contributed by atoms with van der Waals surface area (Å²) in [6, 6.07) is 2.97. The summed E-state index contributed by atoms with van der Waals surface area (Å²) in [5.74, 6) is -0.929. The van der Waals surface area contributed by atoms with Crippen LogP contribution in [0.1, 0.15) is 18.9 Å². The molecule has 0 saturated carbocycles. The van der Waals surface area contributed by atoms with Crippen LogP contribution >= 0.6 is 23.2 Å². The zero-order valence-corrected chi connectivity index (χ0v) is 11.5. The third kappa shape index (κ3) is 2.69. The van der Waals surface area contributed by atoms with Crippen LogP contribution < -0.4 is 4.74 Å². The second-order valence-electron chi connectivity index (χ2n) is 4.17. The molecule has 2 unspecified atom stereocenters. The van der Waals surface area contributed by atoms with Crippen molar-refractivity contribution in [3.05, 3.63) is 33.3 Å². The lowest BCUT2D eigenvalue weighted by Gasteiger charge is -2.27. The highest BCUT2D eigenvalue weighted by atomic mass is 35.5. The van der Waals surface area contributed by atoms with Gasteiger partial charge in [0.1, 0.15) is 11.9 Å². The molecular formula is C13H11Cl2FO3. The summed E-state index contributed by atoms with van der Waals surface area (Å²) < 4.78 is 19.3. The van der Waals surface area contributed by atoms with E-state index in [1.54, 1.807) is 6.92 Å². The van der Waals surface area contributed by atoms with Gasteiger partial charge in [-0.3, -0.25) is 0 Å². The summed E-state index contributed by atoms with van der Waals surface area (Å²) in [6.07, 6.45) is -1.07. The number of benzene rings is 1. The van der Waals surface area contributed by atoms with Crippen LogP contribution in [-0.4, -0.2) is 23.4 Å². The minimum atomic E-state index is -1.41. The Morgan fingerprint density at radius 2 is 2.21 bits per heavy atom. The highest BCUT2D eigenvalue weighted by Crippen LogP contribution is 2.38. The molecule has 102 valence electrons. The Hall–Kier alpha value is -1.26. The maximum absolute atomic E-state index is 13.8. The fraction of sp³-hybridized carbons (Fsp3) is 0.308. The van der Waals surface area contributed by atoms with Crippen molar-refractivity contribution in [3.8, 4) is 5.75 Å². The average molecular weight is 305 g/mol. The Kier molecular flexibility index (Phi) is 4.02. The Balaban J connectivity index is 2.54. The molecule has 0 fully saturated rings. The van der Waals surface area contributed by atoms with Gasteiger partial charge in [0.25, 0.3) is 0 Å². The van der Waals surface area contributed by atoms with Gasteiger partial charge in [-0.05, 0) is 24.6 Å². The molecule has 1 heterocycles. The van der Waals surface area contributed by atoms with Crippen LogP contribution in [0, 0.1) is 0 Å². The number of carboxylic acids is 1. The fourth-order valence-electron chi connectivity index (χ4n) is 1.90. The number of hydrogen-bond donors (Lipinski definition) is 1. The largest absolute Gasteiger partial charge is 0.482 e. The van der Waals surface area contributed by atoms with Crippen molar-refractivity contribution in [3.63, 3.8) is 0 Å². The number of carbonyl (C=O) groups is 1. The molecule has 19 heavy (non-hydrogen) atoms. The summed E-state index contributed by atoms with van der Waals surface area (Å²) in [5, 5.41) is 9.76. The number of fused-ring (bicyclic) bond motifs is 1. The van der Waals surface area contributed by atoms with Gasteiger partial charge in [-0.15, -0.1) is 0 Å². The molecular weight excluding hydrogens is 294 g/mol. The van der Waals surface area contributed by atoms with E-state index in [4.69, 9.17) is 33.0 Å². The molecule has 2 atom stereocenters. The molecule has 0 radical (unpaired) electrons. The van der Waals surface area contributed by atoms with Crippen molar-refractivity contribution in [2.75, 3.05) is 0 Å². The first-order valence-corrected chi connectivity index (χ1v) is 6.44. The first-order valence-electron chi connectivity index (χ1n) is 5.68. The molecule has 1 aromatic rings. The molecule has 0 aliphatic carbocycles. The van der Waals surface area contributed by atoms with Gasteiger partial charge >= 0.3 is 5.97 Å². The summed E-state index contributed by atoms with van der Waals surface area (Å²) in [7, 11) is 0. The van der Waals surface area contributed by atoms with Crippen LogP contribution in [0.3, 0.4) is 0 Å². The SMILES string of the molecule is CCC(F)C1Oc2cc(Cl)cc(Cl)c2C=C1C(=O)O. The van der Waals surface area contributed by atoms with Crippen LogP contribution in [0.15, 0.2) is 17.7 Å². The van der Waals surface area contributed by atoms with E-state index in [2.05, 4.69) is 0 Å². The number of aliphatic carboxylic acids is 1. The zero-order chi connectivity index (χ0) is 14.2. The molecule has 0 spiro atoms. The molecule has 0 aromatic heterocycles. The molecule has 0 saturated heterocycles. The second-order valence-corrected chi connectivity index (χ2v) is 5.01. The van der Waals surface area contributed by atoms with E-state index in [1.807, 2.05) is 0 Å². The van der Waals surface area contributed by atoms with Crippen molar-refractivity contribution < 1.29 is 19.0 Å². The smallest absolute Gasteiger partial charge is 0.335 e. The molecule has 1 aliphatic heterocycles. The van der Waals surface area contributed by atoms with Gasteiger partial charge < -0.3 is 9.84 Å². The lowest BCUT2D eigenvalue weighted by Crippen LogP contribution is -2.35. The monoisotopic (exact) mass is 304 g/mol. The molecule has 2 rings (SSSR count). The molecule has 3 nitrogen and oxygen atoms in total. The first-order chi connectivity index (χ1) is 8.93. The zero-order valence-electron chi connectivity index (χ0n) is 9.99. The van der Waals surface area contributed by atoms with Gasteiger partial charge in [0.2, 0.25) is 0 Å². The Morgan fingerprint density at radius 1 is 1.53 bits per heavy atom. The van der Waals surface area contributed by atoms with Gasteiger partial charge in [-0.25, -0.2) is 9.18 Å². The molecule has 6 heteroatoms. The van der Waals surface area contributed by atoms with Gasteiger partial charge in [-0.1, -0.05) is 30.1 Å². The second kappa shape index (κ2) is 5.39. The normalized spacial score (nSPS) is 19.2. The molecule has 1 N–H and O–H groups in total. The van der Waals surface area contributed by atoms with Gasteiger partial charge in [-0.2, -0.15) is 0 Å². The van der Waals surface area contributed by atoms with Crippen LogP contribution in [0.25, 0.3) is 6.08 Å². The van der Waals surface area contributed by atoms with E-state index in [9.17, 15) is 9.18 Å². The van der Waals surface area contributed by atoms with E-state index in [1.165, 1.54) is 18.2 Å². The highest BCUT2D eigenvalue weighted by molar-refractivity contribution is 6.36. The maximum Gasteiger partial charge on any atom is 0.335 e. The van der Waals surface area contributed by atoms with Gasteiger partial charge in [0, 0.05) is 10.6 Å². The van der Waals surface area contributed by atoms with Crippen LogP contribution in [0.4, 0.5) is 4.39 Å². The van der Waals surface area contributed by atoms with Crippen LogP contribution in [0.5, 0.6) is 5.75 Å². The van der Waals surface area contributed by atoms with Crippen molar-refractivity contribution >= 4 is 35.2 Å². The first kappa shape index (κ1) is 14.2. The van der Waals surface area contributed by atoms with Crippen LogP contribution in [0.2, 0.25) is 10.0 Å². The van der Waals surface area contributed by atoms with E-state index in [-0.39, 0.29) is 17.0 Å². The van der Waals surface area contributed by atoms with E-state index >= 15 is 0 Å².